The van der Waals surface area contributed by atoms with Crippen molar-refractivity contribution in [2.45, 2.75) is 26.0 Å². The third kappa shape index (κ3) is 2.71. The molecule has 0 amide bonds. The molecule has 2 unspecified atom stereocenters. The van der Waals surface area contributed by atoms with E-state index in [2.05, 4.69) is 16.8 Å². The average molecular weight is 221 g/mol. The van der Waals surface area contributed by atoms with Crippen LogP contribution in [0.3, 0.4) is 0 Å². The van der Waals surface area contributed by atoms with Crippen molar-refractivity contribution in [3.63, 3.8) is 0 Å². The van der Waals surface area contributed by atoms with Crippen LogP contribution >= 0.6 is 0 Å². The molecular weight excluding hydrogens is 202 g/mol. The second-order valence-electron chi connectivity index (χ2n) is 4.65. The van der Waals surface area contributed by atoms with Crippen molar-refractivity contribution in [2.24, 2.45) is 5.92 Å². The second kappa shape index (κ2) is 4.80. The predicted octanol–water partition coefficient (Wildman–Crippen LogP) is 0.867. The summed E-state index contributed by atoms with van der Waals surface area (Å²) in [5.41, 5.74) is 7.48. The Balaban J connectivity index is 1.95. The van der Waals surface area contributed by atoms with Crippen molar-refractivity contribution in [1.82, 2.24) is 9.88 Å². The Kier molecular flexibility index (Phi) is 3.41. The van der Waals surface area contributed by atoms with E-state index < -0.39 is 0 Å². The van der Waals surface area contributed by atoms with Gasteiger partial charge in [-0.05, 0) is 24.5 Å². The molecule has 4 heteroatoms. The number of pyridine rings is 1. The first-order chi connectivity index (χ1) is 7.65. The number of aliphatic hydroxyl groups is 1. The number of aromatic nitrogens is 1. The number of hydrogen-bond acceptors (Lipinski definition) is 4. The number of piperidine rings is 1. The Morgan fingerprint density at radius 1 is 1.62 bits per heavy atom. The normalized spacial score (nSPS) is 26.9. The van der Waals surface area contributed by atoms with Gasteiger partial charge in [-0.3, -0.25) is 9.88 Å². The highest BCUT2D eigenvalue weighted by atomic mass is 16.3. The summed E-state index contributed by atoms with van der Waals surface area (Å²) in [6, 6.07) is 3.71. The van der Waals surface area contributed by atoms with Crippen molar-refractivity contribution in [3.05, 3.63) is 24.0 Å². The van der Waals surface area contributed by atoms with E-state index in [0.717, 1.165) is 37.4 Å². The first-order valence-corrected chi connectivity index (χ1v) is 5.76. The molecule has 0 radical (unpaired) electrons. The van der Waals surface area contributed by atoms with Gasteiger partial charge in [-0.15, -0.1) is 0 Å². The highest BCUT2D eigenvalue weighted by Gasteiger charge is 2.24. The number of hydrogen-bond donors (Lipinski definition) is 2. The molecule has 88 valence electrons. The average Bonchev–Trinajstić information content (AvgIpc) is 2.24. The Morgan fingerprint density at radius 2 is 2.44 bits per heavy atom. The van der Waals surface area contributed by atoms with Crippen LogP contribution in [0.5, 0.6) is 0 Å². The lowest BCUT2D eigenvalue weighted by Crippen LogP contribution is -2.41. The number of likely N-dealkylation sites (tertiary alicyclic amines) is 1. The molecule has 2 heterocycles. The highest BCUT2D eigenvalue weighted by Crippen LogP contribution is 2.18. The standard InChI is InChI=1S/C12H19N3O/c1-9-7-15(5-3-12(9)16)8-11-6-10(13)2-4-14-11/h2,4,6,9,12,16H,3,5,7-8H2,1H3,(H2,13,14). The van der Waals surface area contributed by atoms with E-state index >= 15 is 0 Å². The van der Waals surface area contributed by atoms with Crippen molar-refractivity contribution < 1.29 is 5.11 Å². The molecule has 1 fully saturated rings. The van der Waals surface area contributed by atoms with Gasteiger partial charge in [-0.2, -0.15) is 0 Å². The predicted molar refractivity (Wildman–Crippen MR) is 63.7 cm³/mol. The Labute approximate surface area is 96.1 Å². The second-order valence-corrected chi connectivity index (χ2v) is 4.65. The first kappa shape index (κ1) is 11.4. The maximum Gasteiger partial charge on any atom is 0.0590 e. The fraction of sp³-hybridized carbons (Fsp3) is 0.583. The first-order valence-electron chi connectivity index (χ1n) is 5.76. The SMILES string of the molecule is CC1CN(Cc2cc(N)ccn2)CCC1O. The summed E-state index contributed by atoms with van der Waals surface area (Å²) in [5, 5.41) is 9.64. The number of aliphatic hydroxyl groups excluding tert-OH is 1. The molecule has 2 rings (SSSR count). The smallest absolute Gasteiger partial charge is 0.0590 e. The van der Waals surface area contributed by atoms with E-state index in [1.54, 1.807) is 12.3 Å². The summed E-state index contributed by atoms with van der Waals surface area (Å²) in [6.45, 7) is 4.77. The van der Waals surface area contributed by atoms with E-state index in [4.69, 9.17) is 5.73 Å². The van der Waals surface area contributed by atoms with Gasteiger partial charge < -0.3 is 10.8 Å². The van der Waals surface area contributed by atoms with Crippen LogP contribution in [0, 0.1) is 5.92 Å². The summed E-state index contributed by atoms with van der Waals surface area (Å²) in [4.78, 5) is 6.61. The van der Waals surface area contributed by atoms with Gasteiger partial charge in [-0.25, -0.2) is 0 Å². The summed E-state index contributed by atoms with van der Waals surface area (Å²) >= 11 is 0. The van der Waals surface area contributed by atoms with E-state index in [1.807, 2.05) is 6.07 Å². The van der Waals surface area contributed by atoms with E-state index in [1.165, 1.54) is 0 Å². The van der Waals surface area contributed by atoms with Gasteiger partial charge in [0.15, 0.2) is 0 Å². The molecule has 4 nitrogen and oxygen atoms in total. The number of nitrogens with zero attached hydrogens (tertiary/aromatic N) is 2. The number of anilines is 1. The van der Waals surface area contributed by atoms with Crippen LogP contribution in [0.1, 0.15) is 19.0 Å². The van der Waals surface area contributed by atoms with Crippen LogP contribution < -0.4 is 5.73 Å². The largest absolute Gasteiger partial charge is 0.399 e. The van der Waals surface area contributed by atoms with Gasteiger partial charge in [0.2, 0.25) is 0 Å². The van der Waals surface area contributed by atoms with Crippen molar-refractivity contribution in [3.8, 4) is 0 Å². The van der Waals surface area contributed by atoms with Gasteiger partial charge in [0, 0.05) is 31.5 Å². The van der Waals surface area contributed by atoms with Crippen molar-refractivity contribution in [1.29, 1.82) is 0 Å². The van der Waals surface area contributed by atoms with E-state index in [-0.39, 0.29) is 6.10 Å². The number of nitrogens with two attached hydrogens (primary N) is 1. The molecule has 3 N–H and O–H groups in total. The molecule has 0 aliphatic carbocycles. The molecule has 1 aromatic heterocycles. The van der Waals surface area contributed by atoms with Crippen LogP contribution in [-0.2, 0) is 6.54 Å². The molecule has 0 saturated carbocycles. The number of rotatable bonds is 2. The minimum Gasteiger partial charge on any atom is -0.399 e. The lowest BCUT2D eigenvalue weighted by Gasteiger charge is -2.34. The van der Waals surface area contributed by atoms with Crippen molar-refractivity contribution >= 4 is 5.69 Å². The molecule has 2 atom stereocenters. The Morgan fingerprint density at radius 3 is 3.12 bits per heavy atom. The third-order valence-corrected chi connectivity index (χ3v) is 3.17. The van der Waals surface area contributed by atoms with Gasteiger partial charge >= 0.3 is 0 Å². The fourth-order valence-electron chi connectivity index (χ4n) is 2.18. The Bertz CT molecular complexity index is 356. The van der Waals surface area contributed by atoms with Crippen LogP contribution in [0.25, 0.3) is 0 Å². The maximum atomic E-state index is 9.64. The van der Waals surface area contributed by atoms with Crippen molar-refractivity contribution in [2.75, 3.05) is 18.8 Å². The molecule has 0 spiro atoms. The molecule has 16 heavy (non-hydrogen) atoms. The quantitative estimate of drug-likeness (QED) is 0.777. The monoisotopic (exact) mass is 221 g/mol. The summed E-state index contributed by atoms with van der Waals surface area (Å²) in [6.07, 6.45) is 2.45. The van der Waals surface area contributed by atoms with Gasteiger partial charge in [0.25, 0.3) is 0 Å². The molecule has 1 saturated heterocycles. The highest BCUT2D eigenvalue weighted by molar-refractivity contribution is 5.37. The molecule has 1 aliphatic heterocycles. The lowest BCUT2D eigenvalue weighted by atomic mass is 9.97. The summed E-state index contributed by atoms with van der Waals surface area (Å²) in [7, 11) is 0. The fourth-order valence-corrected chi connectivity index (χ4v) is 2.18. The van der Waals surface area contributed by atoms with Crippen LogP contribution in [0.4, 0.5) is 5.69 Å². The molecule has 0 aromatic carbocycles. The summed E-state index contributed by atoms with van der Waals surface area (Å²) < 4.78 is 0. The third-order valence-electron chi connectivity index (χ3n) is 3.17. The van der Waals surface area contributed by atoms with Crippen LogP contribution in [-0.4, -0.2) is 34.2 Å². The molecule has 1 aromatic rings. The van der Waals surface area contributed by atoms with Gasteiger partial charge in [0.1, 0.15) is 0 Å². The number of nitrogen functional groups attached to an aromatic ring is 1. The molecular formula is C12H19N3O. The topological polar surface area (TPSA) is 62.4 Å². The zero-order chi connectivity index (χ0) is 11.5. The van der Waals surface area contributed by atoms with E-state index in [0.29, 0.717) is 5.92 Å². The molecule has 0 bridgehead atoms. The molecule has 1 aliphatic rings. The van der Waals surface area contributed by atoms with Gasteiger partial charge in [-0.1, -0.05) is 6.92 Å². The van der Waals surface area contributed by atoms with E-state index in [9.17, 15) is 5.11 Å². The van der Waals surface area contributed by atoms with Crippen LogP contribution in [0.15, 0.2) is 18.3 Å². The lowest BCUT2D eigenvalue weighted by molar-refractivity contribution is 0.0316. The van der Waals surface area contributed by atoms with Gasteiger partial charge in [0.05, 0.1) is 11.8 Å². The zero-order valence-corrected chi connectivity index (χ0v) is 9.63. The summed E-state index contributed by atoms with van der Waals surface area (Å²) in [5.74, 6) is 0.342. The Hall–Kier alpha value is -1.13. The van der Waals surface area contributed by atoms with Crippen LogP contribution in [0.2, 0.25) is 0 Å². The minimum absolute atomic E-state index is 0.148. The maximum absolute atomic E-state index is 9.64. The zero-order valence-electron chi connectivity index (χ0n) is 9.63. The minimum atomic E-state index is -0.148.